The Morgan fingerprint density at radius 1 is 0.818 bits per heavy atom. The van der Waals surface area contributed by atoms with Crippen molar-refractivity contribution >= 4 is 70.6 Å². The van der Waals surface area contributed by atoms with Crippen LogP contribution in [0.3, 0.4) is 0 Å². The zero-order valence-electron chi connectivity index (χ0n) is 10.8. The summed E-state index contributed by atoms with van der Waals surface area (Å²) in [4.78, 5) is 12.0. The third-order valence-electron chi connectivity index (χ3n) is 3.27. The maximum Gasteiger partial charge on any atom is 0.227 e. The number of rotatable bonds is 1. The van der Waals surface area contributed by atoms with Crippen molar-refractivity contribution in [2.75, 3.05) is 0 Å². The van der Waals surface area contributed by atoms with Gasteiger partial charge in [0.2, 0.25) is 10.6 Å². The lowest BCUT2D eigenvalue weighted by molar-refractivity contribution is 1.06. The maximum atomic E-state index is 5.85. The van der Waals surface area contributed by atoms with Gasteiger partial charge in [-0.05, 0) is 47.5 Å². The van der Waals surface area contributed by atoms with Crippen molar-refractivity contribution in [3.63, 3.8) is 0 Å². The van der Waals surface area contributed by atoms with Gasteiger partial charge in [0.1, 0.15) is 0 Å². The molecule has 0 atom stereocenters. The molecule has 0 saturated heterocycles. The highest BCUT2D eigenvalue weighted by Crippen LogP contribution is 2.37. The van der Waals surface area contributed by atoms with E-state index in [0.717, 1.165) is 10.0 Å². The molecule has 108 valence electrons. The van der Waals surface area contributed by atoms with Crippen LogP contribution >= 0.6 is 50.5 Å². The zero-order valence-corrected chi connectivity index (χ0v) is 14.8. The molecule has 0 spiro atoms. The van der Waals surface area contributed by atoms with Crippen molar-refractivity contribution in [1.82, 2.24) is 15.0 Å². The SMILES string of the molecule is Clc1nc(Cl)nc(-c2ccc3c(c2)sc2ccc(Br)cc23)n1. The standard InChI is InChI=1S/C15H6BrCl2N3S/c16-8-2-4-11-10(6-8)9-3-1-7(5-12(9)22-11)13-19-14(17)21-15(18)20-13/h1-6H. The van der Waals surface area contributed by atoms with E-state index < -0.39 is 0 Å². The van der Waals surface area contributed by atoms with Gasteiger partial charge in [-0.3, -0.25) is 0 Å². The smallest absolute Gasteiger partial charge is 0.198 e. The fraction of sp³-hybridized carbons (Fsp3) is 0. The molecule has 22 heavy (non-hydrogen) atoms. The Kier molecular flexibility index (Phi) is 3.53. The van der Waals surface area contributed by atoms with E-state index in [2.05, 4.69) is 55.1 Å². The number of hydrogen-bond donors (Lipinski definition) is 0. The molecule has 3 nitrogen and oxygen atoms in total. The fourth-order valence-electron chi connectivity index (χ4n) is 2.34. The highest BCUT2D eigenvalue weighted by molar-refractivity contribution is 9.10. The molecule has 0 aliphatic rings. The van der Waals surface area contributed by atoms with Crippen LogP contribution in [0.2, 0.25) is 10.6 Å². The van der Waals surface area contributed by atoms with Crippen molar-refractivity contribution in [3.05, 3.63) is 51.4 Å². The molecule has 0 fully saturated rings. The average molecular weight is 411 g/mol. The second-order valence-corrected chi connectivity index (χ2v) is 7.33. The predicted octanol–water partition coefficient (Wildman–Crippen LogP) is 5.98. The Labute approximate surface area is 148 Å². The van der Waals surface area contributed by atoms with Crippen LogP contribution in [0.1, 0.15) is 0 Å². The van der Waals surface area contributed by atoms with E-state index in [1.54, 1.807) is 11.3 Å². The summed E-state index contributed by atoms with van der Waals surface area (Å²) in [5.41, 5.74) is 0.865. The van der Waals surface area contributed by atoms with Gasteiger partial charge in [-0.2, -0.15) is 15.0 Å². The summed E-state index contributed by atoms with van der Waals surface area (Å²) in [5, 5.41) is 2.62. The van der Waals surface area contributed by atoms with E-state index in [0.29, 0.717) is 5.82 Å². The first-order valence-electron chi connectivity index (χ1n) is 6.29. The van der Waals surface area contributed by atoms with E-state index in [1.807, 2.05) is 12.1 Å². The van der Waals surface area contributed by atoms with Crippen LogP contribution in [-0.4, -0.2) is 15.0 Å². The maximum absolute atomic E-state index is 5.85. The van der Waals surface area contributed by atoms with E-state index >= 15 is 0 Å². The Bertz CT molecular complexity index is 1010. The number of hydrogen-bond acceptors (Lipinski definition) is 4. The molecule has 2 aromatic heterocycles. The first kappa shape index (κ1) is 14.3. The highest BCUT2D eigenvalue weighted by atomic mass is 79.9. The Hall–Kier alpha value is -1.27. The first-order chi connectivity index (χ1) is 10.6. The quantitative estimate of drug-likeness (QED) is 0.387. The van der Waals surface area contributed by atoms with Gasteiger partial charge in [-0.15, -0.1) is 11.3 Å². The highest BCUT2D eigenvalue weighted by Gasteiger charge is 2.10. The van der Waals surface area contributed by atoms with Gasteiger partial charge in [0.15, 0.2) is 5.82 Å². The largest absolute Gasteiger partial charge is 0.227 e. The summed E-state index contributed by atoms with van der Waals surface area (Å²) >= 11 is 16.9. The second kappa shape index (κ2) is 5.42. The molecular weight excluding hydrogens is 405 g/mol. The number of fused-ring (bicyclic) bond motifs is 3. The lowest BCUT2D eigenvalue weighted by Gasteiger charge is -2.01. The molecule has 0 unspecified atom stereocenters. The third-order valence-corrected chi connectivity index (χ3v) is 5.24. The number of halogens is 3. The van der Waals surface area contributed by atoms with Gasteiger partial charge in [-0.25, -0.2) is 0 Å². The molecule has 0 radical (unpaired) electrons. The number of benzene rings is 2. The number of aromatic nitrogens is 3. The predicted molar refractivity (Wildman–Crippen MR) is 95.9 cm³/mol. The minimum atomic E-state index is 0.0929. The molecular formula is C15H6BrCl2N3S. The minimum Gasteiger partial charge on any atom is -0.198 e. The molecule has 0 aliphatic carbocycles. The summed E-state index contributed by atoms with van der Waals surface area (Å²) in [6.07, 6.45) is 0. The van der Waals surface area contributed by atoms with Crippen molar-refractivity contribution in [2.45, 2.75) is 0 Å². The summed E-state index contributed by atoms with van der Waals surface area (Å²) in [6, 6.07) is 12.4. The number of thiophene rings is 1. The normalized spacial score (nSPS) is 11.4. The Balaban J connectivity index is 1.95. The van der Waals surface area contributed by atoms with Gasteiger partial charge in [0.05, 0.1) is 0 Å². The van der Waals surface area contributed by atoms with E-state index in [-0.39, 0.29) is 10.6 Å². The van der Waals surface area contributed by atoms with Gasteiger partial charge < -0.3 is 0 Å². The molecule has 0 N–H and O–H groups in total. The third kappa shape index (κ3) is 2.48. The van der Waals surface area contributed by atoms with Gasteiger partial charge in [0.25, 0.3) is 0 Å². The monoisotopic (exact) mass is 409 g/mol. The van der Waals surface area contributed by atoms with Crippen LogP contribution in [0.5, 0.6) is 0 Å². The Morgan fingerprint density at radius 3 is 2.36 bits per heavy atom. The van der Waals surface area contributed by atoms with E-state index in [1.165, 1.54) is 20.2 Å². The first-order valence-corrected chi connectivity index (χ1v) is 8.66. The Morgan fingerprint density at radius 2 is 1.59 bits per heavy atom. The molecule has 4 aromatic rings. The molecule has 2 aromatic carbocycles. The molecule has 2 heterocycles. The summed E-state index contributed by atoms with van der Waals surface area (Å²) in [6.45, 7) is 0. The second-order valence-electron chi connectivity index (χ2n) is 4.65. The fourth-order valence-corrected chi connectivity index (χ4v) is 4.19. The van der Waals surface area contributed by atoms with Crippen LogP contribution in [0, 0.1) is 0 Å². The number of nitrogens with zero attached hydrogens (tertiary/aromatic N) is 3. The van der Waals surface area contributed by atoms with Crippen LogP contribution in [0.25, 0.3) is 31.6 Å². The molecule has 7 heteroatoms. The van der Waals surface area contributed by atoms with Crippen LogP contribution in [0.4, 0.5) is 0 Å². The van der Waals surface area contributed by atoms with Gasteiger partial charge in [-0.1, -0.05) is 28.1 Å². The van der Waals surface area contributed by atoms with Crippen LogP contribution < -0.4 is 0 Å². The van der Waals surface area contributed by atoms with E-state index in [4.69, 9.17) is 23.2 Å². The summed E-state index contributed by atoms with van der Waals surface area (Å²) < 4.78 is 3.47. The molecule has 0 aliphatic heterocycles. The van der Waals surface area contributed by atoms with Gasteiger partial charge >= 0.3 is 0 Å². The van der Waals surface area contributed by atoms with E-state index in [9.17, 15) is 0 Å². The molecule has 0 amide bonds. The van der Waals surface area contributed by atoms with Crippen molar-refractivity contribution in [1.29, 1.82) is 0 Å². The zero-order chi connectivity index (χ0) is 15.3. The minimum absolute atomic E-state index is 0.0929. The van der Waals surface area contributed by atoms with Crippen molar-refractivity contribution in [2.24, 2.45) is 0 Å². The molecule has 0 bridgehead atoms. The van der Waals surface area contributed by atoms with Crippen LogP contribution in [-0.2, 0) is 0 Å². The molecule has 0 saturated carbocycles. The molecule has 4 rings (SSSR count). The van der Waals surface area contributed by atoms with Crippen LogP contribution in [0.15, 0.2) is 40.9 Å². The van der Waals surface area contributed by atoms with Crippen molar-refractivity contribution < 1.29 is 0 Å². The lowest BCUT2D eigenvalue weighted by atomic mass is 10.1. The average Bonchev–Trinajstić information content (AvgIpc) is 2.83. The van der Waals surface area contributed by atoms with Gasteiger partial charge in [0, 0.05) is 30.2 Å². The summed E-state index contributed by atoms with van der Waals surface area (Å²) in [5.74, 6) is 0.477. The topological polar surface area (TPSA) is 38.7 Å². The van der Waals surface area contributed by atoms with Crippen molar-refractivity contribution in [3.8, 4) is 11.4 Å². The lowest BCUT2D eigenvalue weighted by Crippen LogP contribution is -1.93. The summed E-state index contributed by atoms with van der Waals surface area (Å²) in [7, 11) is 0.